The van der Waals surface area contributed by atoms with Gasteiger partial charge in [-0.2, -0.15) is 0 Å². The average Bonchev–Trinajstić information content (AvgIpc) is 3.24. The van der Waals surface area contributed by atoms with Crippen molar-refractivity contribution < 1.29 is 17.9 Å². The zero-order chi connectivity index (χ0) is 34.5. The lowest BCUT2D eigenvalue weighted by Gasteiger charge is -2.48. The third kappa shape index (κ3) is 6.39. The van der Waals surface area contributed by atoms with Crippen molar-refractivity contribution in [1.82, 2.24) is 14.8 Å². The van der Waals surface area contributed by atoms with E-state index in [1.165, 1.54) is 6.26 Å². The van der Waals surface area contributed by atoms with Gasteiger partial charge in [0, 0.05) is 52.3 Å². The number of piperidine rings is 1. The van der Waals surface area contributed by atoms with E-state index in [1.54, 1.807) is 16.0 Å². The van der Waals surface area contributed by atoms with Gasteiger partial charge < -0.3 is 9.64 Å². The van der Waals surface area contributed by atoms with Gasteiger partial charge in [0.2, 0.25) is 0 Å². The fraction of sp³-hybridized carbons (Fsp3) is 0.472. The first-order chi connectivity index (χ1) is 21.9. The molecule has 2 amide bonds. The largest absolute Gasteiger partial charge is 0.493 e. The number of amides is 2. The topological polar surface area (TPSA) is 92.2 Å². The number of hydrogen-bond acceptors (Lipinski definition) is 6. The number of rotatable bonds is 6. The second kappa shape index (κ2) is 12.7. The predicted octanol–water partition coefficient (Wildman–Crippen LogP) is 8.00. The lowest BCUT2D eigenvalue weighted by Crippen LogP contribution is -2.61. The highest BCUT2D eigenvalue weighted by Gasteiger charge is 2.60. The molecule has 252 valence electrons. The van der Waals surface area contributed by atoms with E-state index in [0.29, 0.717) is 46.6 Å². The van der Waals surface area contributed by atoms with Gasteiger partial charge in [-0.25, -0.2) is 13.2 Å². The summed E-state index contributed by atoms with van der Waals surface area (Å²) in [5.74, 6) is 0.991. The molecule has 4 atom stereocenters. The molecule has 2 aromatic carbocycles. The number of aliphatic imine (C=N–C) groups is 1. The highest BCUT2D eigenvalue weighted by molar-refractivity contribution is 7.91. The normalized spacial score (nSPS) is 25.1. The molecule has 3 aromatic rings. The molecule has 0 radical (unpaired) electrons. The maximum Gasteiger partial charge on any atom is 0.326 e. The van der Waals surface area contributed by atoms with E-state index in [1.807, 2.05) is 82.3 Å². The second-order valence-electron chi connectivity index (χ2n) is 14.0. The van der Waals surface area contributed by atoms with E-state index in [9.17, 15) is 8.42 Å². The number of carbonyl (C=O) groups is 1. The van der Waals surface area contributed by atoms with Crippen molar-refractivity contribution in [3.63, 3.8) is 0 Å². The number of likely N-dealkylation sites (tertiary alicyclic amines) is 1. The van der Waals surface area contributed by atoms with Crippen LogP contribution in [-0.2, 0) is 26.3 Å². The van der Waals surface area contributed by atoms with Crippen LogP contribution in [0.4, 0.5) is 4.79 Å². The van der Waals surface area contributed by atoms with Gasteiger partial charge in [-0.1, -0.05) is 68.2 Å². The molecule has 1 saturated heterocycles. The van der Waals surface area contributed by atoms with Crippen LogP contribution in [0.1, 0.15) is 83.7 Å². The summed E-state index contributed by atoms with van der Waals surface area (Å²) >= 11 is 12.7. The van der Waals surface area contributed by atoms with Gasteiger partial charge in [0.25, 0.3) is 0 Å². The smallest absolute Gasteiger partial charge is 0.326 e. The standard InChI is InChI=1S/C36H44Cl2N4O4S/c1-9-46-30-21-31(34(3,4)5)39-22-29(30)32-40-35(6,24-10-14-26(37)15-11-24)36(7,25-12-16-27(38)17-13-25)42(32)33(43)41-19-18-28(20-23(41)2)47(8,44)45/h10-17,21-23,28H,9,18-20H2,1-8H3/t23?,28?,35-,36+/m0/s1. The van der Waals surface area contributed by atoms with E-state index in [-0.39, 0.29) is 24.0 Å². The van der Waals surface area contributed by atoms with E-state index in [4.69, 9.17) is 37.9 Å². The number of pyridine rings is 1. The van der Waals surface area contributed by atoms with Crippen LogP contribution in [0.5, 0.6) is 5.75 Å². The molecular weight excluding hydrogens is 655 g/mol. The number of aromatic nitrogens is 1. The molecule has 11 heteroatoms. The molecule has 2 aliphatic heterocycles. The van der Waals surface area contributed by atoms with Gasteiger partial charge in [0.05, 0.1) is 17.4 Å². The Balaban J connectivity index is 1.78. The van der Waals surface area contributed by atoms with Gasteiger partial charge in [-0.15, -0.1) is 0 Å². The van der Waals surface area contributed by atoms with Crippen molar-refractivity contribution in [3.8, 4) is 5.75 Å². The number of urea groups is 1. The Morgan fingerprint density at radius 3 is 2.11 bits per heavy atom. The van der Waals surface area contributed by atoms with Gasteiger partial charge in [-0.05, 0) is 75.9 Å². The molecule has 1 aromatic heterocycles. The molecule has 1 fully saturated rings. The summed E-state index contributed by atoms with van der Waals surface area (Å²) < 4.78 is 31.2. The van der Waals surface area contributed by atoms with Crippen LogP contribution < -0.4 is 4.74 Å². The molecule has 2 unspecified atom stereocenters. The van der Waals surface area contributed by atoms with Crippen LogP contribution >= 0.6 is 23.2 Å². The van der Waals surface area contributed by atoms with Crippen molar-refractivity contribution >= 4 is 44.9 Å². The third-order valence-electron chi connectivity index (χ3n) is 9.79. The van der Waals surface area contributed by atoms with Crippen molar-refractivity contribution in [2.24, 2.45) is 4.99 Å². The number of benzene rings is 2. The van der Waals surface area contributed by atoms with Gasteiger partial charge in [0.15, 0.2) is 0 Å². The molecule has 0 bridgehead atoms. The third-order valence-corrected chi connectivity index (χ3v) is 11.9. The minimum atomic E-state index is -3.26. The van der Waals surface area contributed by atoms with Crippen LogP contribution in [0.2, 0.25) is 10.0 Å². The molecule has 0 saturated carbocycles. The Labute approximate surface area is 289 Å². The number of carbonyl (C=O) groups excluding carboxylic acids is 1. The van der Waals surface area contributed by atoms with Crippen LogP contribution in [0.25, 0.3) is 0 Å². The Hall–Kier alpha value is -3.14. The number of nitrogens with zero attached hydrogens (tertiary/aromatic N) is 4. The van der Waals surface area contributed by atoms with E-state index in [2.05, 4.69) is 20.8 Å². The van der Waals surface area contributed by atoms with Crippen molar-refractivity contribution in [2.75, 3.05) is 19.4 Å². The molecule has 0 aliphatic carbocycles. The highest BCUT2D eigenvalue weighted by atomic mass is 35.5. The number of hydrogen-bond donors (Lipinski definition) is 0. The lowest BCUT2D eigenvalue weighted by atomic mass is 9.71. The van der Waals surface area contributed by atoms with Gasteiger partial charge in [0.1, 0.15) is 32.5 Å². The fourth-order valence-electron chi connectivity index (χ4n) is 6.79. The van der Waals surface area contributed by atoms with Gasteiger partial charge >= 0.3 is 6.03 Å². The molecule has 47 heavy (non-hydrogen) atoms. The highest BCUT2D eigenvalue weighted by Crippen LogP contribution is 2.54. The maximum absolute atomic E-state index is 15.2. The monoisotopic (exact) mass is 698 g/mol. The van der Waals surface area contributed by atoms with Crippen LogP contribution in [0.15, 0.2) is 65.8 Å². The first-order valence-electron chi connectivity index (χ1n) is 16.0. The minimum Gasteiger partial charge on any atom is -0.493 e. The average molecular weight is 700 g/mol. The van der Waals surface area contributed by atoms with E-state index >= 15 is 4.79 Å². The summed E-state index contributed by atoms with van der Waals surface area (Å²) in [4.78, 5) is 29.0. The lowest BCUT2D eigenvalue weighted by molar-refractivity contribution is 0.0891. The molecule has 0 spiro atoms. The van der Waals surface area contributed by atoms with E-state index in [0.717, 1.165) is 16.8 Å². The van der Waals surface area contributed by atoms with Crippen LogP contribution in [0, 0.1) is 0 Å². The summed E-state index contributed by atoms with van der Waals surface area (Å²) in [7, 11) is -3.26. The van der Waals surface area contributed by atoms with Gasteiger partial charge in [-0.3, -0.25) is 14.9 Å². The molecular formula is C36H44Cl2N4O4S. The first-order valence-corrected chi connectivity index (χ1v) is 18.7. The summed E-state index contributed by atoms with van der Waals surface area (Å²) in [6, 6.07) is 16.3. The zero-order valence-electron chi connectivity index (χ0n) is 28.3. The predicted molar refractivity (Wildman–Crippen MR) is 190 cm³/mol. The summed E-state index contributed by atoms with van der Waals surface area (Å²) in [6.07, 6.45) is 3.72. The summed E-state index contributed by atoms with van der Waals surface area (Å²) in [6.45, 7) is 14.8. The van der Waals surface area contributed by atoms with Crippen molar-refractivity contribution in [1.29, 1.82) is 0 Å². The van der Waals surface area contributed by atoms with Crippen molar-refractivity contribution in [3.05, 3.63) is 93.2 Å². The molecule has 2 aliphatic rings. The molecule has 8 nitrogen and oxygen atoms in total. The minimum absolute atomic E-state index is 0.244. The van der Waals surface area contributed by atoms with Crippen molar-refractivity contribution in [2.45, 2.75) is 89.1 Å². The summed E-state index contributed by atoms with van der Waals surface area (Å²) in [5, 5.41) is 0.650. The Morgan fingerprint density at radius 2 is 1.60 bits per heavy atom. The number of sulfone groups is 1. The number of halogens is 2. The summed E-state index contributed by atoms with van der Waals surface area (Å²) in [5.41, 5.74) is 0.764. The number of amidine groups is 1. The van der Waals surface area contributed by atoms with Crippen LogP contribution in [-0.4, -0.2) is 65.8 Å². The molecule has 0 N–H and O–H groups in total. The molecule has 3 heterocycles. The maximum atomic E-state index is 15.2. The quantitative estimate of drug-likeness (QED) is 0.260. The first kappa shape index (κ1) is 35.2. The zero-order valence-corrected chi connectivity index (χ0v) is 30.7. The SMILES string of the molecule is CCOc1cc(C(C)(C)C)ncc1C1=N[C@@](C)(c2ccc(Cl)cc2)[C@@](C)(c2ccc(Cl)cc2)N1C(=O)N1CCC(S(C)(=O)=O)CC1C. The fourth-order valence-corrected chi connectivity index (χ4v) is 8.20. The Morgan fingerprint density at radius 1 is 1.02 bits per heavy atom. The Kier molecular flexibility index (Phi) is 9.51. The molecule has 5 rings (SSSR count). The number of ether oxygens (including phenoxy) is 1. The second-order valence-corrected chi connectivity index (χ2v) is 17.2. The Bertz CT molecular complexity index is 1790. The van der Waals surface area contributed by atoms with Crippen LogP contribution in [0.3, 0.4) is 0 Å². The van der Waals surface area contributed by atoms with E-state index < -0.39 is 26.2 Å².